The van der Waals surface area contributed by atoms with Crippen LogP contribution >= 0.6 is 23.6 Å². The summed E-state index contributed by atoms with van der Waals surface area (Å²) in [6.07, 6.45) is 2.60. The minimum Gasteiger partial charge on any atom is -0.360 e. The average molecular weight is 360 g/mol. The normalized spacial score (nSPS) is 16.1. The van der Waals surface area contributed by atoms with Crippen LogP contribution in [0.1, 0.15) is 34.9 Å². The molecule has 3 nitrogen and oxygen atoms in total. The van der Waals surface area contributed by atoms with E-state index in [0.717, 1.165) is 12.2 Å². The van der Waals surface area contributed by atoms with E-state index in [1.54, 1.807) is 0 Å². The van der Waals surface area contributed by atoms with Gasteiger partial charge in [0.25, 0.3) is 0 Å². The molecule has 0 spiro atoms. The first-order valence-corrected chi connectivity index (χ1v) is 9.82. The largest absolute Gasteiger partial charge is 0.360 e. The van der Waals surface area contributed by atoms with Gasteiger partial charge in [-0.3, -0.25) is 4.90 Å². The van der Waals surface area contributed by atoms with Crippen LogP contribution in [0.5, 0.6) is 0 Å². The fourth-order valence-corrected chi connectivity index (χ4v) is 4.19. The molecule has 24 heavy (non-hydrogen) atoms. The molecule has 5 heteroatoms. The molecule has 1 aromatic carbocycles. The first-order chi connectivity index (χ1) is 11.6. The zero-order valence-electron chi connectivity index (χ0n) is 14.3. The molecule has 1 aromatic heterocycles. The lowest BCUT2D eigenvalue weighted by Gasteiger charge is -2.27. The van der Waals surface area contributed by atoms with Crippen molar-refractivity contribution in [3.63, 3.8) is 0 Å². The quantitative estimate of drug-likeness (QED) is 0.769. The molecule has 0 radical (unpaired) electrons. The van der Waals surface area contributed by atoms with E-state index in [9.17, 15) is 0 Å². The minimum atomic E-state index is 0.409. The maximum absolute atomic E-state index is 5.50. The van der Waals surface area contributed by atoms with Gasteiger partial charge in [-0.25, -0.2) is 0 Å². The van der Waals surface area contributed by atoms with Gasteiger partial charge in [0.1, 0.15) is 0 Å². The van der Waals surface area contributed by atoms with Crippen LogP contribution in [-0.4, -0.2) is 29.6 Å². The lowest BCUT2D eigenvalue weighted by Crippen LogP contribution is -2.38. The summed E-state index contributed by atoms with van der Waals surface area (Å²) in [5.74, 6) is 0. The smallest absolute Gasteiger partial charge is 0.170 e. The number of hydrogen-bond acceptors (Lipinski definition) is 3. The summed E-state index contributed by atoms with van der Waals surface area (Å²) in [5.41, 5.74) is 3.62. The fourth-order valence-electron chi connectivity index (χ4n) is 3.13. The number of nitrogens with one attached hydrogen (secondary N) is 2. The van der Waals surface area contributed by atoms with E-state index in [2.05, 4.69) is 65.1 Å². The Morgan fingerprint density at radius 2 is 2.00 bits per heavy atom. The standard InChI is InChI=1S/C19H25N3S2/c1-14-7-8-16(12-15(14)2)21-19(23)20-13-17(18-6-5-11-24-18)22-9-3-4-10-22/h5-8,11-12,17H,3-4,9-10,13H2,1-2H3,(H2,20,21,23)/t17-/m0/s1. The van der Waals surface area contributed by atoms with Crippen molar-refractivity contribution in [2.24, 2.45) is 0 Å². The maximum Gasteiger partial charge on any atom is 0.170 e. The van der Waals surface area contributed by atoms with Crippen molar-refractivity contribution in [3.8, 4) is 0 Å². The molecule has 1 saturated heterocycles. The molecule has 128 valence electrons. The van der Waals surface area contributed by atoms with Crippen molar-refractivity contribution in [1.29, 1.82) is 0 Å². The van der Waals surface area contributed by atoms with Gasteiger partial charge in [0.2, 0.25) is 0 Å². The molecule has 0 bridgehead atoms. The van der Waals surface area contributed by atoms with E-state index in [-0.39, 0.29) is 0 Å². The number of thiocarbonyl (C=S) groups is 1. The van der Waals surface area contributed by atoms with E-state index >= 15 is 0 Å². The Hall–Kier alpha value is -1.43. The number of thiophene rings is 1. The maximum atomic E-state index is 5.50. The Kier molecular flexibility index (Phi) is 5.87. The molecule has 2 aromatic rings. The van der Waals surface area contributed by atoms with Gasteiger partial charge in [-0.15, -0.1) is 11.3 Å². The summed E-state index contributed by atoms with van der Waals surface area (Å²) in [6.45, 7) is 7.45. The Morgan fingerprint density at radius 1 is 1.21 bits per heavy atom. The molecule has 0 saturated carbocycles. The van der Waals surface area contributed by atoms with Gasteiger partial charge in [0.15, 0.2) is 5.11 Å². The van der Waals surface area contributed by atoms with Gasteiger partial charge in [-0.05, 0) is 86.7 Å². The van der Waals surface area contributed by atoms with Crippen LogP contribution in [0.4, 0.5) is 5.69 Å². The van der Waals surface area contributed by atoms with Crippen LogP contribution < -0.4 is 10.6 Å². The highest BCUT2D eigenvalue weighted by Gasteiger charge is 2.24. The Bertz CT molecular complexity index is 676. The number of hydrogen-bond donors (Lipinski definition) is 2. The minimum absolute atomic E-state index is 0.409. The van der Waals surface area contributed by atoms with Gasteiger partial charge in [0, 0.05) is 17.1 Å². The van der Waals surface area contributed by atoms with E-state index in [0.29, 0.717) is 11.2 Å². The molecule has 2 heterocycles. The van der Waals surface area contributed by atoms with Gasteiger partial charge < -0.3 is 10.6 Å². The summed E-state index contributed by atoms with van der Waals surface area (Å²) < 4.78 is 0. The zero-order chi connectivity index (χ0) is 16.9. The molecule has 0 aliphatic carbocycles. The van der Waals surface area contributed by atoms with Crippen LogP contribution in [0.15, 0.2) is 35.7 Å². The van der Waals surface area contributed by atoms with Crippen molar-refractivity contribution >= 4 is 34.4 Å². The summed E-state index contributed by atoms with van der Waals surface area (Å²) in [4.78, 5) is 3.98. The van der Waals surface area contributed by atoms with Crippen molar-refractivity contribution in [2.75, 3.05) is 25.0 Å². The predicted molar refractivity (Wildman–Crippen MR) is 108 cm³/mol. The molecule has 0 amide bonds. The van der Waals surface area contributed by atoms with E-state index in [1.807, 2.05) is 11.3 Å². The second kappa shape index (κ2) is 8.10. The van der Waals surface area contributed by atoms with E-state index < -0.39 is 0 Å². The summed E-state index contributed by atoms with van der Waals surface area (Å²) in [7, 11) is 0. The van der Waals surface area contributed by atoms with Crippen molar-refractivity contribution in [2.45, 2.75) is 32.7 Å². The first-order valence-electron chi connectivity index (χ1n) is 8.53. The molecule has 1 aliphatic rings. The average Bonchev–Trinajstić information content (AvgIpc) is 3.25. The highest BCUT2D eigenvalue weighted by Crippen LogP contribution is 2.27. The third-order valence-corrected chi connectivity index (χ3v) is 5.89. The summed E-state index contributed by atoms with van der Waals surface area (Å²) in [5, 5.41) is 9.57. The molecule has 1 aliphatic heterocycles. The molecule has 2 N–H and O–H groups in total. The van der Waals surface area contributed by atoms with Crippen molar-refractivity contribution < 1.29 is 0 Å². The first kappa shape index (κ1) is 17.4. The molecule has 0 unspecified atom stereocenters. The SMILES string of the molecule is Cc1ccc(NC(=S)NC[C@@H](c2cccs2)N2CCCC2)cc1C. The molecule has 1 atom stereocenters. The van der Waals surface area contributed by atoms with Gasteiger partial charge in [-0.1, -0.05) is 12.1 Å². The summed E-state index contributed by atoms with van der Waals surface area (Å²) >= 11 is 7.33. The highest BCUT2D eigenvalue weighted by molar-refractivity contribution is 7.80. The lowest BCUT2D eigenvalue weighted by atomic mass is 10.1. The molecule has 3 rings (SSSR count). The monoisotopic (exact) mass is 359 g/mol. The van der Waals surface area contributed by atoms with Gasteiger partial charge >= 0.3 is 0 Å². The number of benzene rings is 1. The zero-order valence-corrected chi connectivity index (χ0v) is 16.0. The number of likely N-dealkylation sites (tertiary alicyclic amines) is 1. The van der Waals surface area contributed by atoms with E-state index in [4.69, 9.17) is 12.2 Å². The lowest BCUT2D eigenvalue weighted by molar-refractivity contribution is 0.249. The van der Waals surface area contributed by atoms with Crippen molar-refractivity contribution in [1.82, 2.24) is 10.2 Å². The third-order valence-electron chi connectivity index (χ3n) is 4.67. The predicted octanol–water partition coefficient (Wildman–Crippen LogP) is 4.49. The van der Waals surface area contributed by atoms with Crippen LogP contribution in [0.25, 0.3) is 0 Å². The number of anilines is 1. The van der Waals surface area contributed by atoms with Gasteiger partial charge in [0.05, 0.1) is 6.04 Å². The summed E-state index contributed by atoms with van der Waals surface area (Å²) in [6, 6.07) is 11.1. The van der Waals surface area contributed by atoms with Crippen molar-refractivity contribution in [3.05, 3.63) is 51.7 Å². The highest BCUT2D eigenvalue weighted by atomic mass is 32.1. The van der Waals surface area contributed by atoms with Crippen LogP contribution in [0, 0.1) is 13.8 Å². The van der Waals surface area contributed by atoms with Crippen LogP contribution in [0.2, 0.25) is 0 Å². The Morgan fingerprint density at radius 3 is 2.67 bits per heavy atom. The van der Waals surface area contributed by atoms with Gasteiger partial charge in [-0.2, -0.15) is 0 Å². The topological polar surface area (TPSA) is 27.3 Å². The second-order valence-corrected chi connectivity index (χ2v) is 7.80. The van der Waals surface area contributed by atoms with E-state index in [1.165, 1.54) is 41.9 Å². The molecular weight excluding hydrogens is 334 g/mol. The second-order valence-electron chi connectivity index (χ2n) is 6.41. The molecular formula is C19H25N3S2. The third kappa shape index (κ3) is 4.35. The Labute approximate surface area is 154 Å². The fraction of sp³-hybridized carbons (Fsp3) is 0.421. The number of aryl methyl sites for hydroxylation is 2. The molecule has 1 fully saturated rings. The van der Waals surface area contributed by atoms with Crippen LogP contribution in [-0.2, 0) is 0 Å². The number of rotatable bonds is 5. The van der Waals surface area contributed by atoms with Crippen LogP contribution in [0.3, 0.4) is 0 Å². The Balaban J connectivity index is 1.59. The number of nitrogens with zero attached hydrogens (tertiary/aromatic N) is 1.